The van der Waals surface area contributed by atoms with Crippen molar-refractivity contribution in [2.45, 2.75) is 6.61 Å². The summed E-state index contributed by atoms with van der Waals surface area (Å²) in [5, 5.41) is 11.5. The molecule has 0 amide bonds. The Kier molecular flexibility index (Phi) is 6.67. The van der Waals surface area contributed by atoms with Crippen LogP contribution in [0.5, 0.6) is 17.2 Å². The third kappa shape index (κ3) is 4.84. The molecule has 3 rings (SSSR count). The quantitative estimate of drug-likeness (QED) is 0.295. The summed E-state index contributed by atoms with van der Waals surface area (Å²) in [6.07, 6.45) is 1.53. The van der Waals surface area contributed by atoms with Gasteiger partial charge in [0.2, 0.25) is 5.78 Å². The highest BCUT2D eigenvalue weighted by atomic mass is 32.1. The van der Waals surface area contributed by atoms with Gasteiger partial charge in [0.1, 0.15) is 24.0 Å². The van der Waals surface area contributed by atoms with E-state index in [1.807, 2.05) is 23.6 Å². The minimum atomic E-state index is -0.401. The summed E-state index contributed by atoms with van der Waals surface area (Å²) in [5.74, 6) is 1.14. The second kappa shape index (κ2) is 9.58. The van der Waals surface area contributed by atoms with Crippen molar-refractivity contribution in [3.05, 3.63) is 81.6 Å². The summed E-state index contributed by atoms with van der Waals surface area (Å²) in [5.41, 5.74) is 1.000. The Labute approximate surface area is 173 Å². The number of thiophene rings is 1. The number of para-hydroxylation sites is 1. The van der Waals surface area contributed by atoms with E-state index in [0.717, 1.165) is 4.88 Å². The SMILES string of the molecule is COc1cc(/C=C(\C#N)C(=O)c2ccccc2OC)ccc1OCc1cccs1. The van der Waals surface area contributed by atoms with E-state index in [9.17, 15) is 10.1 Å². The molecule has 0 bridgehead atoms. The molecule has 0 unspecified atom stereocenters. The molecule has 6 heteroatoms. The van der Waals surface area contributed by atoms with E-state index < -0.39 is 5.78 Å². The van der Waals surface area contributed by atoms with Gasteiger partial charge in [-0.25, -0.2) is 0 Å². The van der Waals surface area contributed by atoms with Crippen LogP contribution in [0.4, 0.5) is 0 Å². The number of hydrogen-bond acceptors (Lipinski definition) is 6. The van der Waals surface area contributed by atoms with Crippen LogP contribution in [0.3, 0.4) is 0 Å². The van der Waals surface area contributed by atoms with Crippen LogP contribution in [0, 0.1) is 11.3 Å². The third-order valence-electron chi connectivity index (χ3n) is 4.17. The molecule has 0 atom stereocenters. The first-order chi connectivity index (χ1) is 14.2. The number of ether oxygens (including phenoxy) is 3. The number of nitrogens with zero attached hydrogens (tertiary/aromatic N) is 1. The number of hydrogen-bond donors (Lipinski definition) is 0. The van der Waals surface area contributed by atoms with Crippen LogP contribution in [0.15, 0.2) is 65.6 Å². The fourth-order valence-electron chi connectivity index (χ4n) is 2.73. The molecule has 3 aromatic rings. The van der Waals surface area contributed by atoms with Gasteiger partial charge in [0.05, 0.1) is 19.8 Å². The van der Waals surface area contributed by atoms with E-state index in [2.05, 4.69) is 0 Å². The Bertz CT molecular complexity index is 1060. The van der Waals surface area contributed by atoms with Crippen LogP contribution < -0.4 is 14.2 Å². The van der Waals surface area contributed by atoms with E-state index >= 15 is 0 Å². The molecular formula is C23H19NO4S. The molecule has 0 radical (unpaired) electrons. The average Bonchev–Trinajstić information content (AvgIpc) is 3.29. The largest absolute Gasteiger partial charge is 0.496 e. The van der Waals surface area contributed by atoms with E-state index in [1.165, 1.54) is 13.2 Å². The van der Waals surface area contributed by atoms with Crippen LogP contribution in [-0.2, 0) is 6.61 Å². The minimum Gasteiger partial charge on any atom is -0.496 e. The summed E-state index contributed by atoms with van der Waals surface area (Å²) in [7, 11) is 3.04. The maximum absolute atomic E-state index is 12.8. The summed E-state index contributed by atoms with van der Waals surface area (Å²) < 4.78 is 16.5. The smallest absolute Gasteiger partial charge is 0.207 e. The molecule has 0 saturated heterocycles. The van der Waals surface area contributed by atoms with Crippen LogP contribution in [0.2, 0.25) is 0 Å². The van der Waals surface area contributed by atoms with Crippen molar-refractivity contribution in [3.8, 4) is 23.3 Å². The Balaban J connectivity index is 1.85. The second-order valence-corrected chi connectivity index (χ2v) is 7.01. The van der Waals surface area contributed by atoms with E-state index in [-0.39, 0.29) is 5.57 Å². The van der Waals surface area contributed by atoms with Gasteiger partial charge in [0.25, 0.3) is 0 Å². The zero-order valence-corrected chi connectivity index (χ0v) is 16.9. The molecule has 1 heterocycles. The average molecular weight is 405 g/mol. The summed E-state index contributed by atoms with van der Waals surface area (Å²) in [4.78, 5) is 13.9. The zero-order valence-electron chi connectivity index (χ0n) is 16.0. The molecular weight excluding hydrogens is 386 g/mol. The lowest BCUT2D eigenvalue weighted by molar-refractivity contribution is 0.103. The second-order valence-electron chi connectivity index (χ2n) is 5.98. The van der Waals surface area contributed by atoms with Gasteiger partial charge in [0.15, 0.2) is 11.5 Å². The molecule has 0 saturated carbocycles. The van der Waals surface area contributed by atoms with Crippen molar-refractivity contribution < 1.29 is 19.0 Å². The van der Waals surface area contributed by atoms with Crippen LogP contribution in [-0.4, -0.2) is 20.0 Å². The third-order valence-corrected chi connectivity index (χ3v) is 5.02. The lowest BCUT2D eigenvalue weighted by Crippen LogP contribution is -2.04. The minimum absolute atomic E-state index is 0.00352. The predicted octanol–water partition coefficient (Wildman–Crippen LogP) is 5.13. The first-order valence-corrected chi connectivity index (χ1v) is 9.67. The molecule has 0 aliphatic heterocycles. The van der Waals surface area contributed by atoms with E-state index in [4.69, 9.17) is 14.2 Å². The number of allylic oxidation sites excluding steroid dienone is 1. The maximum atomic E-state index is 12.8. The van der Waals surface area contributed by atoms with Gasteiger partial charge < -0.3 is 14.2 Å². The number of rotatable bonds is 8. The number of benzene rings is 2. The molecule has 146 valence electrons. The van der Waals surface area contributed by atoms with Gasteiger partial charge in [-0.05, 0) is 47.4 Å². The van der Waals surface area contributed by atoms with Gasteiger partial charge in [-0.2, -0.15) is 5.26 Å². The lowest BCUT2D eigenvalue weighted by atomic mass is 10.0. The summed E-state index contributed by atoms with van der Waals surface area (Å²) in [6.45, 7) is 0.443. The van der Waals surface area contributed by atoms with Gasteiger partial charge in [-0.1, -0.05) is 24.3 Å². The van der Waals surface area contributed by atoms with Gasteiger partial charge >= 0.3 is 0 Å². The van der Waals surface area contributed by atoms with Gasteiger partial charge in [0, 0.05) is 4.88 Å². The number of nitriles is 1. The van der Waals surface area contributed by atoms with Crippen LogP contribution in [0.1, 0.15) is 20.8 Å². The molecule has 29 heavy (non-hydrogen) atoms. The monoisotopic (exact) mass is 405 g/mol. The number of carbonyl (C=O) groups excluding carboxylic acids is 1. The molecule has 1 aromatic heterocycles. The number of ketones is 1. The fourth-order valence-corrected chi connectivity index (χ4v) is 3.35. The van der Waals surface area contributed by atoms with Crippen LogP contribution >= 0.6 is 11.3 Å². The highest BCUT2D eigenvalue weighted by Gasteiger charge is 2.17. The molecule has 5 nitrogen and oxygen atoms in total. The van der Waals surface area contributed by atoms with Gasteiger partial charge in [-0.15, -0.1) is 11.3 Å². The Morgan fingerprint density at radius 3 is 2.52 bits per heavy atom. The first-order valence-electron chi connectivity index (χ1n) is 8.79. The van der Waals surface area contributed by atoms with Crippen LogP contribution in [0.25, 0.3) is 6.08 Å². The molecule has 0 spiro atoms. The van der Waals surface area contributed by atoms with Gasteiger partial charge in [-0.3, -0.25) is 4.79 Å². The van der Waals surface area contributed by atoms with E-state index in [0.29, 0.717) is 35.0 Å². The lowest BCUT2D eigenvalue weighted by Gasteiger charge is -2.11. The molecule has 0 aliphatic rings. The fraction of sp³-hybridized carbons (Fsp3) is 0.130. The van der Waals surface area contributed by atoms with Crippen molar-refractivity contribution >= 4 is 23.2 Å². The molecule has 0 fully saturated rings. The van der Waals surface area contributed by atoms with E-state index in [1.54, 1.807) is 60.9 Å². The molecule has 0 N–H and O–H groups in total. The Morgan fingerprint density at radius 1 is 1.03 bits per heavy atom. The standard InChI is InChI=1S/C23H19NO4S/c1-26-20-8-4-3-7-19(20)23(25)17(14-24)12-16-9-10-21(22(13-16)27-2)28-15-18-6-5-11-29-18/h3-13H,15H2,1-2H3/b17-12+. The molecule has 2 aromatic carbocycles. The maximum Gasteiger partial charge on any atom is 0.207 e. The Morgan fingerprint density at radius 2 is 1.83 bits per heavy atom. The van der Waals surface area contributed by atoms with Crippen molar-refractivity contribution in [2.75, 3.05) is 14.2 Å². The number of carbonyl (C=O) groups is 1. The zero-order chi connectivity index (χ0) is 20.6. The molecule has 0 aliphatic carbocycles. The topological polar surface area (TPSA) is 68.5 Å². The van der Waals surface area contributed by atoms with Crippen molar-refractivity contribution in [1.29, 1.82) is 5.26 Å². The number of methoxy groups -OCH3 is 2. The summed E-state index contributed by atoms with van der Waals surface area (Å²) >= 11 is 1.62. The first kappa shape index (κ1) is 20.2. The highest BCUT2D eigenvalue weighted by molar-refractivity contribution is 7.09. The van der Waals surface area contributed by atoms with Crippen molar-refractivity contribution in [2.24, 2.45) is 0 Å². The highest BCUT2D eigenvalue weighted by Crippen LogP contribution is 2.30. The number of Topliss-reactive ketones (excluding diaryl/α,β-unsaturated/α-hetero) is 1. The normalized spacial score (nSPS) is 10.9. The predicted molar refractivity (Wildman–Crippen MR) is 113 cm³/mol. The Hall–Kier alpha value is -3.56. The van der Waals surface area contributed by atoms with Crippen molar-refractivity contribution in [1.82, 2.24) is 0 Å². The summed E-state index contributed by atoms with van der Waals surface area (Å²) in [6, 6.07) is 18.0. The van der Waals surface area contributed by atoms with Crippen molar-refractivity contribution in [3.63, 3.8) is 0 Å².